The van der Waals surface area contributed by atoms with Gasteiger partial charge in [-0.25, -0.2) is 8.42 Å². The van der Waals surface area contributed by atoms with Gasteiger partial charge in [-0.15, -0.1) is 0 Å². The highest BCUT2D eigenvalue weighted by atomic mass is 32.2. The average Bonchev–Trinajstić information content (AvgIpc) is 3.35. The van der Waals surface area contributed by atoms with E-state index in [0.29, 0.717) is 12.2 Å². The monoisotopic (exact) mass is 682 g/mol. The van der Waals surface area contributed by atoms with Crippen molar-refractivity contribution < 1.29 is 54.3 Å². The molecule has 2 heterocycles. The lowest BCUT2D eigenvalue weighted by Gasteiger charge is -2.29. The summed E-state index contributed by atoms with van der Waals surface area (Å²) in [6.45, 7) is 3.22. The maximum absolute atomic E-state index is 13.1. The third kappa shape index (κ3) is 9.63. The molecule has 2 aromatic carbocycles. The number of piperidine rings is 1. The fourth-order valence-corrected chi connectivity index (χ4v) is 7.15. The number of carbonyl (C=O) groups excluding carboxylic acids is 3. The normalized spacial score (nSPS) is 16.9. The predicted molar refractivity (Wildman–Crippen MR) is 162 cm³/mol. The number of ether oxygens (including phenoxy) is 4. The Labute approximate surface area is 268 Å². The largest absolute Gasteiger partial charge is 0.378 e. The van der Waals surface area contributed by atoms with E-state index >= 15 is 0 Å². The van der Waals surface area contributed by atoms with Gasteiger partial charge in [-0.05, 0) is 37.6 Å². The summed E-state index contributed by atoms with van der Waals surface area (Å²) in [4.78, 5) is 38.2. The molecule has 0 spiro atoms. The van der Waals surface area contributed by atoms with Crippen LogP contribution in [0.15, 0.2) is 52.3 Å². The van der Waals surface area contributed by atoms with Gasteiger partial charge in [-0.2, -0.15) is 8.42 Å². The minimum absolute atomic E-state index is 0.0222. The van der Waals surface area contributed by atoms with Crippen LogP contribution in [-0.4, -0.2) is 111 Å². The predicted octanol–water partition coefficient (Wildman–Crippen LogP) is 1.00. The lowest BCUT2D eigenvalue weighted by Crippen LogP contribution is -2.52. The van der Waals surface area contributed by atoms with Crippen molar-refractivity contribution in [1.29, 1.82) is 0 Å². The number of fused-ring (bicyclic) bond motifs is 1. The molecule has 0 bridgehead atoms. The first kappa shape index (κ1) is 35.6. The highest BCUT2D eigenvalue weighted by Gasteiger charge is 2.41. The summed E-state index contributed by atoms with van der Waals surface area (Å²) in [5.41, 5.74) is 1.51. The zero-order valence-electron chi connectivity index (χ0n) is 25.5. The Morgan fingerprint density at radius 1 is 0.783 bits per heavy atom. The molecule has 16 heteroatoms. The summed E-state index contributed by atoms with van der Waals surface area (Å²) < 4.78 is 76.9. The van der Waals surface area contributed by atoms with Crippen LogP contribution in [0.2, 0.25) is 0 Å². The lowest BCUT2D eigenvalue weighted by atomic mass is 10.0. The van der Waals surface area contributed by atoms with Crippen molar-refractivity contribution in [3.63, 3.8) is 0 Å². The van der Waals surface area contributed by atoms with Crippen LogP contribution in [0.1, 0.15) is 34.3 Å². The Bertz CT molecular complexity index is 1590. The molecule has 1 fully saturated rings. The van der Waals surface area contributed by atoms with Crippen LogP contribution in [0.3, 0.4) is 0 Å². The minimum atomic E-state index is -3.83. The van der Waals surface area contributed by atoms with E-state index in [2.05, 4.69) is 5.32 Å². The number of hydrogen-bond acceptors (Lipinski definition) is 12. The molecule has 3 amide bonds. The molecule has 2 aliphatic heterocycles. The smallest absolute Gasteiger partial charge is 0.297 e. The van der Waals surface area contributed by atoms with Gasteiger partial charge in [0.2, 0.25) is 11.8 Å². The maximum Gasteiger partial charge on any atom is 0.297 e. The number of nitrogens with zero attached hydrogens (tertiary/aromatic N) is 1. The van der Waals surface area contributed by atoms with E-state index in [4.69, 9.17) is 23.1 Å². The Morgan fingerprint density at radius 3 is 1.98 bits per heavy atom. The molecule has 1 atom stereocenters. The molecular weight excluding hydrogens is 644 g/mol. The van der Waals surface area contributed by atoms with E-state index in [9.17, 15) is 31.2 Å². The number of carbonyl (C=O) groups is 3. The van der Waals surface area contributed by atoms with Crippen LogP contribution in [-0.2, 0) is 59.2 Å². The molecule has 0 aliphatic carbocycles. The van der Waals surface area contributed by atoms with Crippen LogP contribution in [0.4, 0.5) is 0 Å². The van der Waals surface area contributed by atoms with E-state index in [-0.39, 0.29) is 93.3 Å². The van der Waals surface area contributed by atoms with Crippen LogP contribution < -0.4 is 5.32 Å². The van der Waals surface area contributed by atoms with Crippen LogP contribution in [0.5, 0.6) is 0 Å². The number of hydrogen-bond donors (Lipinski definition) is 1. The first-order valence-corrected chi connectivity index (χ1v) is 17.8. The average molecular weight is 683 g/mol. The third-order valence-electron chi connectivity index (χ3n) is 7.26. The second-order valence-electron chi connectivity index (χ2n) is 10.5. The molecular formula is C30H38N2O12S2. The van der Waals surface area contributed by atoms with Crippen molar-refractivity contribution in [3.8, 4) is 0 Å². The molecule has 46 heavy (non-hydrogen) atoms. The quantitative estimate of drug-likeness (QED) is 0.126. The summed E-state index contributed by atoms with van der Waals surface area (Å²) in [5.74, 6) is -1.71. The fourth-order valence-electron chi connectivity index (χ4n) is 4.86. The Kier molecular flexibility index (Phi) is 12.8. The molecule has 0 radical (unpaired) electrons. The minimum Gasteiger partial charge on any atom is -0.378 e. The number of sulfone groups is 1. The van der Waals surface area contributed by atoms with Gasteiger partial charge < -0.3 is 23.8 Å². The SMILES string of the molecule is Cc1ccc(S(=O)(=O)OCCOCCOCCOCCOCCS(=O)(=O)c2cccc3c2CN(C2CCC(=O)NC2=O)C3=O)cc1. The van der Waals surface area contributed by atoms with E-state index in [1.54, 1.807) is 12.1 Å². The van der Waals surface area contributed by atoms with E-state index in [0.717, 1.165) is 5.56 Å². The number of rotatable bonds is 19. The molecule has 1 unspecified atom stereocenters. The van der Waals surface area contributed by atoms with Gasteiger partial charge in [0.15, 0.2) is 9.84 Å². The van der Waals surface area contributed by atoms with Crippen molar-refractivity contribution in [1.82, 2.24) is 10.2 Å². The van der Waals surface area contributed by atoms with E-state index in [1.165, 1.54) is 35.2 Å². The van der Waals surface area contributed by atoms with E-state index < -0.39 is 43.7 Å². The standard InChI is InChI=1S/C30H38N2O12S2/c1-22-5-7-23(8-6-22)46(38,39)44-18-17-42-14-13-40-11-12-41-15-16-43-19-20-45(36,37)27-4-2-3-24-25(27)21-32(30(24)35)26-9-10-28(33)31-29(26)34/h2-8,26H,9-21H2,1H3,(H,31,33,34). The van der Waals surface area contributed by atoms with Crippen LogP contribution in [0.25, 0.3) is 0 Å². The Hall–Kier alpha value is -3.25. The number of benzene rings is 2. The summed E-state index contributed by atoms with van der Waals surface area (Å²) in [5, 5.41) is 2.23. The first-order valence-electron chi connectivity index (χ1n) is 14.8. The Morgan fingerprint density at radius 2 is 1.37 bits per heavy atom. The van der Waals surface area contributed by atoms with Crippen molar-refractivity contribution in [2.45, 2.75) is 42.1 Å². The summed E-state index contributed by atoms with van der Waals surface area (Å²) in [6.07, 6.45) is 0.290. The second-order valence-corrected chi connectivity index (χ2v) is 14.2. The Balaban J connectivity index is 1.04. The van der Waals surface area contributed by atoms with Gasteiger partial charge in [0.25, 0.3) is 16.0 Å². The highest BCUT2D eigenvalue weighted by Crippen LogP contribution is 2.32. The van der Waals surface area contributed by atoms with Gasteiger partial charge in [0.05, 0.1) is 75.0 Å². The van der Waals surface area contributed by atoms with Crippen molar-refractivity contribution in [3.05, 3.63) is 59.2 Å². The van der Waals surface area contributed by atoms with Gasteiger partial charge in [-0.1, -0.05) is 23.8 Å². The van der Waals surface area contributed by atoms with Crippen molar-refractivity contribution in [2.24, 2.45) is 0 Å². The number of imide groups is 1. The third-order valence-corrected chi connectivity index (χ3v) is 10.3. The first-order chi connectivity index (χ1) is 22.0. The van der Waals surface area contributed by atoms with Crippen LogP contribution >= 0.6 is 0 Å². The molecule has 252 valence electrons. The van der Waals surface area contributed by atoms with Gasteiger partial charge in [0, 0.05) is 24.1 Å². The molecule has 14 nitrogen and oxygen atoms in total. The molecule has 1 N–H and O–H groups in total. The number of amides is 3. The second kappa shape index (κ2) is 16.5. The topological polar surface area (TPSA) is 181 Å². The lowest BCUT2D eigenvalue weighted by molar-refractivity contribution is -0.136. The molecule has 2 aliphatic rings. The van der Waals surface area contributed by atoms with Gasteiger partial charge in [-0.3, -0.25) is 23.9 Å². The van der Waals surface area contributed by atoms with E-state index in [1.807, 2.05) is 6.92 Å². The summed E-state index contributed by atoms with van der Waals surface area (Å²) in [6, 6.07) is 10.00. The molecule has 4 rings (SSSR count). The summed E-state index contributed by atoms with van der Waals surface area (Å²) >= 11 is 0. The zero-order chi connectivity index (χ0) is 33.2. The van der Waals surface area contributed by atoms with Crippen LogP contribution in [0, 0.1) is 6.92 Å². The van der Waals surface area contributed by atoms with Crippen molar-refractivity contribution >= 4 is 37.7 Å². The molecule has 0 saturated carbocycles. The molecule has 2 aromatic rings. The number of aryl methyl sites for hydroxylation is 1. The number of nitrogens with one attached hydrogen (secondary N) is 1. The zero-order valence-corrected chi connectivity index (χ0v) is 27.1. The van der Waals surface area contributed by atoms with Gasteiger partial charge in [0.1, 0.15) is 6.04 Å². The molecule has 1 saturated heterocycles. The fraction of sp³-hybridized carbons (Fsp3) is 0.500. The van der Waals surface area contributed by atoms with Gasteiger partial charge >= 0.3 is 0 Å². The summed E-state index contributed by atoms with van der Waals surface area (Å²) in [7, 11) is -7.62. The molecule has 0 aromatic heterocycles. The van der Waals surface area contributed by atoms with Crippen molar-refractivity contribution in [2.75, 3.05) is 65.2 Å². The maximum atomic E-state index is 13.1. The highest BCUT2D eigenvalue weighted by molar-refractivity contribution is 7.91.